The van der Waals surface area contributed by atoms with Gasteiger partial charge in [-0.25, -0.2) is 4.98 Å². The minimum Gasteiger partial charge on any atom is -0.467 e. The average molecular weight is 259 g/mol. The van der Waals surface area contributed by atoms with Gasteiger partial charge in [0.15, 0.2) is 5.82 Å². The minimum absolute atomic E-state index is 0.124. The van der Waals surface area contributed by atoms with Gasteiger partial charge in [-0.2, -0.15) is 4.98 Å². The van der Waals surface area contributed by atoms with Gasteiger partial charge in [-0.3, -0.25) is 4.79 Å². The molecule has 1 amide bonds. The van der Waals surface area contributed by atoms with E-state index in [0.717, 1.165) is 0 Å². The number of methoxy groups -OCH3 is 1. The second-order valence-electron chi connectivity index (χ2n) is 3.31. The number of halogens is 1. The first-order valence-corrected chi connectivity index (χ1v) is 5.57. The van der Waals surface area contributed by atoms with Gasteiger partial charge < -0.3 is 15.4 Å². The molecule has 17 heavy (non-hydrogen) atoms. The Balaban J connectivity index is 2.76. The summed E-state index contributed by atoms with van der Waals surface area (Å²) in [7, 11) is 1.46. The van der Waals surface area contributed by atoms with Crippen molar-refractivity contribution in [2.75, 3.05) is 19.0 Å². The summed E-state index contributed by atoms with van der Waals surface area (Å²) in [4.78, 5) is 19.4. The lowest BCUT2D eigenvalue weighted by atomic mass is 10.3. The molecule has 1 unspecified atom stereocenters. The molecule has 1 heterocycles. The Labute approximate surface area is 105 Å². The third-order valence-electron chi connectivity index (χ3n) is 2.00. The molecule has 94 valence electrons. The standard InChI is InChI=1S/C10H15ClN4O2/c1-4-12-9(16)6(2)14-8-7(11)5-13-10(15-8)17-3/h5-6H,4H2,1-3H3,(H,12,16)(H,13,14,15). The van der Waals surface area contributed by atoms with E-state index in [1.54, 1.807) is 6.92 Å². The fourth-order valence-corrected chi connectivity index (χ4v) is 1.29. The number of amides is 1. The number of anilines is 1. The molecule has 0 saturated carbocycles. The Morgan fingerprint density at radius 1 is 1.65 bits per heavy atom. The molecule has 0 saturated heterocycles. The minimum atomic E-state index is -0.438. The highest BCUT2D eigenvalue weighted by atomic mass is 35.5. The fourth-order valence-electron chi connectivity index (χ4n) is 1.15. The van der Waals surface area contributed by atoms with Crippen LogP contribution in [0.1, 0.15) is 13.8 Å². The smallest absolute Gasteiger partial charge is 0.318 e. The largest absolute Gasteiger partial charge is 0.467 e. The van der Waals surface area contributed by atoms with Gasteiger partial charge in [-0.1, -0.05) is 11.6 Å². The molecule has 0 aromatic carbocycles. The lowest BCUT2D eigenvalue weighted by Crippen LogP contribution is -2.37. The summed E-state index contributed by atoms with van der Waals surface area (Å²) < 4.78 is 4.88. The Bertz CT molecular complexity index is 400. The van der Waals surface area contributed by atoms with Crippen molar-refractivity contribution in [2.24, 2.45) is 0 Å². The molecular weight excluding hydrogens is 244 g/mol. The molecule has 0 aliphatic heterocycles. The lowest BCUT2D eigenvalue weighted by molar-refractivity contribution is -0.121. The van der Waals surface area contributed by atoms with Crippen molar-refractivity contribution in [3.8, 4) is 6.01 Å². The predicted molar refractivity (Wildman–Crippen MR) is 65.4 cm³/mol. The van der Waals surface area contributed by atoms with Crippen LogP contribution < -0.4 is 15.4 Å². The zero-order valence-corrected chi connectivity index (χ0v) is 10.7. The molecule has 0 aliphatic carbocycles. The number of hydrogen-bond acceptors (Lipinski definition) is 5. The van der Waals surface area contributed by atoms with Crippen molar-refractivity contribution in [1.29, 1.82) is 0 Å². The molecule has 0 spiro atoms. The SMILES string of the molecule is CCNC(=O)C(C)Nc1nc(OC)ncc1Cl. The Kier molecular flexibility index (Phi) is 4.96. The lowest BCUT2D eigenvalue weighted by Gasteiger charge is -2.14. The molecule has 1 atom stereocenters. The Hall–Kier alpha value is -1.56. The third kappa shape index (κ3) is 3.74. The van der Waals surface area contributed by atoms with Crippen LogP contribution in [0.5, 0.6) is 6.01 Å². The van der Waals surface area contributed by atoms with Gasteiger partial charge in [0.2, 0.25) is 5.91 Å². The average Bonchev–Trinajstić information content (AvgIpc) is 2.32. The maximum Gasteiger partial charge on any atom is 0.318 e. The van der Waals surface area contributed by atoms with Crippen molar-refractivity contribution >= 4 is 23.3 Å². The van der Waals surface area contributed by atoms with E-state index in [4.69, 9.17) is 16.3 Å². The van der Waals surface area contributed by atoms with Gasteiger partial charge in [0.05, 0.1) is 13.3 Å². The van der Waals surface area contributed by atoms with Crippen LogP contribution in [0.4, 0.5) is 5.82 Å². The van der Waals surface area contributed by atoms with E-state index in [1.165, 1.54) is 13.3 Å². The molecule has 0 aliphatic rings. The van der Waals surface area contributed by atoms with Crippen molar-refractivity contribution in [3.63, 3.8) is 0 Å². The van der Waals surface area contributed by atoms with Crippen LogP contribution >= 0.6 is 11.6 Å². The molecule has 1 aromatic rings. The number of nitrogens with one attached hydrogen (secondary N) is 2. The highest BCUT2D eigenvalue weighted by molar-refractivity contribution is 6.32. The van der Waals surface area contributed by atoms with E-state index in [2.05, 4.69) is 20.6 Å². The second-order valence-corrected chi connectivity index (χ2v) is 3.72. The summed E-state index contributed by atoms with van der Waals surface area (Å²) in [6, 6.07) is -0.243. The number of aromatic nitrogens is 2. The Morgan fingerprint density at radius 3 is 2.94 bits per heavy atom. The first kappa shape index (κ1) is 13.5. The first-order chi connectivity index (χ1) is 8.08. The van der Waals surface area contributed by atoms with Gasteiger partial charge in [-0.15, -0.1) is 0 Å². The quantitative estimate of drug-likeness (QED) is 0.826. The molecule has 0 fully saturated rings. The Morgan fingerprint density at radius 2 is 2.35 bits per heavy atom. The fraction of sp³-hybridized carbons (Fsp3) is 0.500. The molecule has 2 N–H and O–H groups in total. The van der Waals surface area contributed by atoms with E-state index in [0.29, 0.717) is 17.4 Å². The number of likely N-dealkylation sites (N-methyl/N-ethyl adjacent to an activating group) is 1. The van der Waals surface area contributed by atoms with E-state index in [9.17, 15) is 4.79 Å². The molecule has 7 heteroatoms. The maximum atomic E-state index is 11.5. The zero-order valence-electron chi connectivity index (χ0n) is 9.95. The maximum absolute atomic E-state index is 11.5. The van der Waals surface area contributed by atoms with Crippen molar-refractivity contribution in [2.45, 2.75) is 19.9 Å². The number of carbonyl (C=O) groups is 1. The van der Waals surface area contributed by atoms with E-state index >= 15 is 0 Å². The summed E-state index contributed by atoms with van der Waals surface area (Å²) in [6.45, 7) is 4.15. The van der Waals surface area contributed by atoms with Gasteiger partial charge in [0, 0.05) is 6.54 Å². The highest BCUT2D eigenvalue weighted by Crippen LogP contribution is 2.20. The second kappa shape index (κ2) is 6.24. The van der Waals surface area contributed by atoms with Crippen LogP contribution in [0.25, 0.3) is 0 Å². The van der Waals surface area contributed by atoms with E-state index in [1.807, 2.05) is 6.92 Å². The van der Waals surface area contributed by atoms with Crippen LogP contribution in [-0.2, 0) is 4.79 Å². The van der Waals surface area contributed by atoms with E-state index < -0.39 is 6.04 Å². The molecular formula is C10H15ClN4O2. The normalized spacial score (nSPS) is 11.8. The molecule has 1 aromatic heterocycles. The monoisotopic (exact) mass is 258 g/mol. The molecule has 0 bridgehead atoms. The summed E-state index contributed by atoms with van der Waals surface area (Å²) in [5.74, 6) is 0.249. The molecule has 1 rings (SSSR count). The van der Waals surface area contributed by atoms with Gasteiger partial charge in [-0.05, 0) is 13.8 Å². The highest BCUT2D eigenvalue weighted by Gasteiger charge is 2.14. The summed E-state index contributed by atoms with van der Waals surface area (Å²) in [5.41, 5.74) is 0. The van der Waals surface area contributed by atoms with Crippen molar-refractivity contribution in [1.82, 2.24) is 15.3 Å². The van der Waals surface area contributed by atoms with Gasteiger partial charge >= 0.3 is 6.01 Å². The molecule has 0 radical (unpaired) electrons. The van der Waals surface area contributed by atoms with Crippen LogP contribution in [0.15, 0.2) is 6.20 Å². The van der Waals surface area contributed by atoms with E-state index in [-0.39, 0.29) is 11.9 Å². The first-order valence-electron chi connectivity index (χ1n) is 5.19. The zero-order chi connectivity index (χ0) is 12.8. The predicted octanol–water partition coefficient (Wildman–Crippen LogP) is 1.08. The topological polar surface area (TPSA) is 76.1 Å². The number of nitrogens with zero attached hydrogens (tertiary/aromatic N) is 2. The van der Waals surface area contributed by atoms with Crippen LogP contribution in [0.3, 0.4) is 0 Å². The summed E-state index contributed by atoms with van der Waals surface area (Å²) in [5, 5.41) is 5.92. The number of hydrogen-bond donors (Lipinski definition) is 2. The summed E-state index contributed by atoms with van der Waals surface area (Å²) >= 11 is 5.90. The van der Waals surface area contributed by atoms with Crippen LogP contribution in [0.2, 0.25) is 5.02 Å². The summed E-state index contributed by atoms with van der Waals surface area (Å²) in [6.07, 6.45) is 1.42. The third-order valence-corrected chi connectivity index (χ3v) is 2.28. The number of carbonyl (C=O) groups excluding carboxylic acids is 1. The van der Waals surface area contributed by atoms with Crippen LogP contribution in [0, 0.1) is 0 Å². The van der Waals surface area contributed by atoms with Crippen molar-refractivity contribution in [3.05, 3.63) is 11.2 Å². The van der Waals surface area contributed by atoms with Gasteiger partial charge in [0.1, 0.15) is 11.1 Å². The number of ether oxygens (including phenoxy) is 1. The molecule has 6 nitrogen and oxygen atoms in total. The number of rotatable bonds is 5. The van der Waals surface area contributed by atoms with Crippen molar-refractivity contribution < 1.29 is 9.53 Å². The van der Waals surface area contributed by atoms with Gasteiger partial charge in [0.25, 0.3) is 0 Å². The van der Waals surface area contributed by atoms with Crippen LogP contribution in [-0.4, -0.2) is 35.6 Å².